The summed E-state index contributed by atoms with van der Waals surface area (Å²) in [5.41, 5.74) is 0.995. The van der Waals surface area contributed by atoms with Gasteiger partial charge in [0, 0.05) is 6.42 Å². The molecule has 0 saturated carbocycles. The molecule has 0 aliphatic carbocycles. The summed E-state index contributed by atoms with van der Waals surface area (Å²) >= 11 is 0. The summed E-state index contributed by atoms with van der Waals surface area (Å²) in [6.07, 6.45) is 1.19. The van der Waals surface area contributed by atoms with E-state index in [9.17, 15) is 4.79 Å². The third kappa shape index (κ3) is 5.20. The van der Waals surface area contributed by atoms with Crippen molar-refractivity contribution >= 4 is 5.78 Å². The SMILES string of the molecule is CC.COc1cc(CCC(C)=O)cc(OC)c1OC. The van der Waals surface area contributed by atoms with Gasteiger partial charge >= 0.3 is 0 Å². The van der Waals surface area contributed by atoms with Crippen LogP contribution in [-0.4, -0.2) is 27.1 Å². The van der Waals surface area contributed by atoms with Gasteiger partial charge in [0.2, 0.25) is 5.75 Å². The molecule has 108 valence electrons. The summed E-state index contributed by atoms with van der Waals surface area (Å²) in [7, 11) is 4.72. The van der Waals surface area contributed by atoms with Gasteiger partial charge in [-0.25, -0.2) is 0 Å². The lowest BCUT2D eigenvalue weighted by molar-refractivity contribution is -0.116. The van der Waals surface area contributed by atoms with Gasteiger partial charge in [0.15, 0.2) is 11.5 Å². The van der Waals surface area contributed by atoms with Gasteiger partial charge in [-0.2, -0.15) is 0 Å². The largest absolute Gasteiger partial charge is 0.493 e. The Hall–Kier alpha value is -1.71. The molecule has 0 saturated heterocycles. The first-order valence-electron chi connectivity index (χ1n) is 6.40. The molecule has 0 fully saturated rings. The number of Topliss-reactive ketones (excluding diaryl/α,β-unsaturated/α-hetero) is 1. The lowest BCUT2D eigenvalue weighted by atomic mass is 10.1. The molecule has 0 unspecified atom stereocenters. The van der Waals surface area contributed by atoms with Gasteiger partial charge in [0.25, 0.3) is 0 Å². The molecular weight excluding hydrogens is 244 g/mol. The van der Waals surface area contributed by atoms with E-state index in [0.29, 0.717) is 30.1 Å². The fourth-order valence-electron chi connectivity index (χ4n) is 1.60. The predicted molar refractivity (Wildman–Crippen MR) is 76.4 cm³/mol. The highest BCUT2D eigenvalue weighted by molar-refractivity contribution is 5.75. The van der Waals surface area contributed by atoms with Gasteiger partial charge in [0.05, 0.1) is 21.3 Å². The summed E-state index contributed by atoms with van der Waals surface area (Å²) in [5, 5.41) is 0. The van der Waals surface area contributed by atoms with Crippen LogP contribution >= 0.6 is 0 Å². The number of rotatable bonds is 6. The van der Waals surface area contributed by atoms with Gasteiger partial charge in [-0.3, -0.25) is 0 Å². The third-order valence-electron chi connectivity index (χ3n) is 2.49. The van der Waals surface area contributed by atoms with Gasteiger partial charge < -0.3 is 19.0 Å². The minimum absolute atomic E-state index is 0.166. The Kier molecular flexibility index (Phi) is 8.42. The first-order valence-corrected chi connectivity index (χ1v) is 6.40. The fraction of sp³-hybridized carbons (Fsp3) is 0.533. The van der Waals surface area contributed by atoms with Crippen LogP contribution in [0.5, 0.6) is 17.2 Å². The maximum atomic E-state index is 11.0. The average molecular weight is 268 g/mol. The molecule has 0 heterocycles. The van der Waals surface area contributed by atoms with Gasteiger partial charge in [-0.15, -0.1) is 0 Å². The topological polar surface area (TPSA) is 44.8 Å². The highest BCUT2D eigenvalue weighted by Crippen LogP contribution is 2.38. The van der Waals surface area contributed by atoms with E-state index in [2.05, 4.69) is 0 Å². The normalized spacial score (nSPS) is 9.16. The molecule has 1 aromatic rings. The maximum Gasteiger partial charge on any atom is 0.203 e. The Labute approximate surface area is 115 Å². The minimum Gasteiger partial charge on any atom is -0.493 e. The lowest BCUT2D eigenvalue weighted by Gasteiger charge is -2.13. The maximum absolute atomic E-state index is 11.0. The molecule has 0 atom stereocenters. The van der Waals surface area contributed by atoms with E-state index < -0.39 is 0 Å². The quantitative estimate of drug-likeness (QED) is 0.794. The highest BCUT2D eigenvalue weighted by Gasteiger charge is 2.13. The summed E-state index contributed by atoms with van der Waals surface area (Å²) in [5.74, 6) is 1.97. The summed E-state index contributed by atoms with van der Waals surface area (Å²) in [4.78, 5) is 11.0. The zero-order chi connectivity index (χ0) is 14.8. The molecule has 1 aromatic carbocycles. The van der Waals surface area contributed by atoms with E-state index >= 15 is 0 Å². The molecule has 0 N–H and O–H groups in total. The third-order valence-corrected chi connectivity index (χ3v) is 2.49. The Morgan fingerprint density at radius 2 is 1.47 bits per heavy atom. The van der Waals surface area contributed by atoms with Crippen molar-refractivity contribution in [2.45, 2.75) is 33.6 Å². The number of hydrogen-bond donors (Lipinski definition) is 0. The highest BCUT2D eigenvalue weighted by atomic mass is 16.5. The van der Waals surface area contributed by atoms with Crippen LogP contribution in [-0.2, 0) is 11.2 Å². The number of carbonyl (C=O) groups is 1. The minimum atomic E-state index is 0.166. The van der Waals surface area contributed by atoms with E-state index in [1.807, 2.05) is 26.0 Å². The molecule has 0 aliphatic rings. The Morgan fingerprint density at radius 3 is 1.79 bits per heavy atom. The second-order valence-corrected chi connectivity index (χ2v) is 3.74. The van der Waals surface area contributed by atoms with Crippen molar-refractivity contribution in [1.29, 1.82) is 0 Å². The number of benzene rings is 1. The van der Waals surface area contributed by atoms with Crippen LogP contribution in [0.15, 0.2) is 12.1 Å². The van der Waals surface area contributed by atoms with Crippen molar-refractivity contribution in [2.24, 2.45) is 0 Å². The molecule has 4 nitrogen and oxygen atoms in total. The number of ketones is 1. The molecule has 0 amide bonds. The van der Waals surface area contributed by atoms with Crippen LogP contribution in [0.25, 0.3) is 0 Å². The predicted octanol–water partition coefficient (Wildman–Crippen LogP) is 3.26. The van der Waals surface area contributed by atoms with E-state index in [1.54, 1.807) is 28.3 Å². The first-order chi connectivity index (χ1) is 9.12. The summed E-state index contributed by atoms with van der Waals surface area (Å²) < 4.78 is 15.7. The zero-order valence-electron chi connectivity index (χ0n) is 12.7. The summed E-state index contributed by atoms with van der Waals surface area (Å²) in [6.45, 7) is 5.58. The van der Waals surface area contributed by atoms with Crippen LogP contribution in [0, 0.1) is 0 Å². The van der Waals surface area contributed by atoms with Crippen molar-refractivity contribution in [3.05, 3.63) is 17.7 Å². The molecule has 0 aromatic heterocycles. The molecule has 0 spiro atoms. The van der Waals surface area contributed by atoms with Crippen molar-refractivity contribution in [1.82, 2.24) is 0 Å². The van der Waals surface area contributed by atoms with Crippen LogP contribution in [0.2, 0.25) is 0 Å². The van der Waals surface area contributed by atoms with E-state index in [0.717, 1.165) is 5.56 Å². The van der Waals surface area contributed by atoms with Crippen molar-refractivity contribution in [2.75, 3.05) is 21.3 Å². The second-order valence-electron chi connectivity index (χ2n) is 3.74. The number of hydrogen-bond acceptors (Lipinski definition) is 4. The summed E-state index contributed by atoms with van der Waals surface area (Å²) in [6, 6.07) is 3.73. The molecule has 19 heavy (non-hydrogen) atoms. The van der Waals surface area contributed by atoms with Crippen LogP contribution in [0.1, 0.15) is 32.8 Å². The molecule has 4 heteroatoms. The van der Waals surface area contributed by atoms with Crippen molar-refractivity contribution < 1.29 is 19.0 Å². The standard InChI is InChI=1S/C13H18O4.C2H6/c1-9(14)5-6-10-7-11(15-2)13(17-4)12(8-10)16-3;1-2/h7-8H,5-6H2,1-4H3;1-2H3. The Morgan fingerprint density at radius 1 is 1.00 bits per heavy atom. The molecule has 0 bridgehead atoms. The van der Waals surface area contributed by atoms with Crippen LogP contribution in [0.4, 0.5) is 0 Å². The van der Waals surface area contributed by atoms with Gasteiger partial charge in [0.1, 0.15) is 5.78 Å². The van der Waals surface area contributed by atoms with Crippen molar-refractivity contribution in [3.63, 3.8) is 0 Å². The van der Waals surface area contributed by atoms with Crippen LogP contribution < -0.4 is 14.2 Å². The molecule has 0 radical (unpaired) electrons. The number of aryl methyl sites for hydroxylation is 1. The number of carbonyl (C=O) groups excluding carboxylic acids is 1. The fourth-order valence-corrected chi connectivity index (χ4v) is 1.60. The molecule has 0 aliphatic heterocycles. The zero-order valence-corrected chi connectivity index (χ0v) is 12.7. The average Bonchev–Trinajstić information content (AvgIpc) is 2.45. The molecular formula is C15H24O4. The smallest absolute Gasteiger partial charge is 0.203 e. The van der Waals surface area contributed by atoms with Gasteiger partial charge in [-0.1, -0.05) is 13.8 Å². The monoisotopic (exact) mass is 268 g/mol. The first kappa shape index (κ1) is 17.3. The van der Waals surface area contributed by atoms with Gasteiger partial charge in [-0.05, 0) is 31.0 Å². The van der Waals surface area contributed by atoms with E-state index in [-0.39, 0.29) is 5.78 Å². The van der Waals surface area contributed by atoms with E-state index in [4.69, 9.17) is 14.2 Å². The number of methoxy groups -OCH3 is 3. The van der Waals surface area contributed by atoms with Crippen LogP contribution in [0.3, 0.4) is 0 Å². The second kappa shape index (κ2) is 9.25. The van der Waals surface area contributed by atoms with Crippen molar-refractivity contribution in [3.8, 4) is 17.2 Å². The molecule has 1 rings (SSSR count). The van der Waals surface area contributed by atoms with E-state index in [1.165, 1.54) is 0 Å². The Bertz CT molecular complexity index is 374. The lowest BCUT2D eigenvalue weighted by Crippen LogP contribution is -1.99. The Balaban J connectivity index is 0.00000154. The number of ether oxygens (including phenoxy) is 3.